The molecule has 0 radical (unpaired) electrons. The first-order valence-corrected chi connectivity index (χ1v) is 24.7. The number of nitrogens with zero attached hydrogens (tertiary/aromatic N) is 1. The quantitative estimate of drug-likeness (QED) is 0.0876. The van der Waals surface area contributed by atoms with Gasteiger partial charge < -0.3 is 0 Å². The Morgan fingerprint density at radius 3 is 0.568 bits per heavy atom. The third-order valence-corrected chi connectivity index (χ3v) is 25.0. The van der Waals surface area contributed by atoms with Crippen LogP contribution in [0.3, 0.4) is 0 Å². The van der Waals surface area contributed by atoms with Gasteiger partial charge in [-0.1, -0.05) is 62.3 Å². The Kier molecular flexibility index (Phi) is 23.7. The van der Waals surface area contributed by atoms with Crippen LogP contribution >= 0.6 is 21.8 Å². The molecule has 0 unspecified atom stereocenters. The lowest BCUT2D eigenvalue weighted by atomic mass is 10.5. The third-order valence-electron chi connectivity index (χ3n) is 8.95. The highest BCUT2D eigenvalue weighted by molar-refractivity contribution is 7.76. The van der Waals surface area contributed by atoms with Crippen molar-refractivity contribution >= 4 is 21.8 Å². The highest BCUT2D eigenvalue weighted by Gasteiger charge is 2.39. The molecular weight excluding hydrogens is 503 g/mol. The third kappa shape index (κ3) is 15.2. The summed E-state index contributed by atoms with van der Waals surface area (Å²) in [5.74, 6) is 0. The minimum atomic E-state index is -0.778. The summed E-state index contributed by atoms with van der Waals surface area (Å²) in [7, 11) is -2.34. The number of rotatable bonds is 27. The van der Waals surface area contributed by atoms with E-state index in [2.05, 4.69) is 67.2 Å². The van der Waals surface area contributed by atoms with Gasteiger partial charge in [0.1, 0.15) is 0 Å². The second-order valence-electron chi connectivity index (χ2n) is 12.5. The lowest BCUT2D eigenvalue weighted by Crippen LogP contribution is -2.36. The topological polar surface area (TPSA) is 3.24 Å². The molecule has 1 nitrogen and oxygen atoms in total. The summed E-state index contributed by atoms with van der Waals surface area (Å²) >= 11 is 0. The molecule has 0 amide bonds. The van der Waals surface area contributed by atoms with Crippen LogP contribution in [0.1, 0.15) is 120 Å². The van der Waals surface area contributed by atoms with E-state index in [1.807, 2.05) is 0 Å². The predicted molar refractivity (Wildman–Crippen MR) is 188 cm³/mol. The zero-order valence-electron chi connectivity index (χ0n) is 27.8. The van der Waals surface area contributed by atoms with Crippen molar-refractivity contribution in [3.8, 4) is 0 Å². The van der Waals surface area contributed by atoms with Crippen molar-refractivity contribution in [3.05, 3.63) is 0 Å². The van der Waals surface area contributed by atoms with Crippen LogP contribution < -0.4 is 0 Å². The van der Waals surface area contributed by atoms with Gasteiger partial charge in [0.25, 0.3) is 0 Å². The lowest BCUT2D eigenvalue weighted by molar-refractivity contribution is 0.325. The first kappa shape index (κ1) is 38.2. The van der Waals surface area contributed by atoms with Crippen LogP contribution in [-0.2, 0) is 0 Å². The molecule has 0 saturated heterocycles. The Balaban J connectivity index is 5.88. The molecule has 0 aliphatic rings. The van der Waals surface area contributed by atoms with Crippen LogP contribution in [0.2, 0.25) is 0 Å². The van der Waals surface area contributed by atoms with Crippen molar-refractivity contribution in [1.82, 2.24) is 4.90 Å². The first-order chi connectivity index (χ1) is 17.8. The zero-order chi connectivity index (χ0) is 28.0. The van der Waals surface area contributed by atoms with Crippen LogP contribution in [0.25, 0.3) is 0 Å². The highest BCUT2D eigenvalue weighted by Crippen LogP contribution is 2.62. The van der Waals surface area contributed by atoms with Gasteiger partial charge in [0, 0.05) is 41.4 Å². The van der Waals surface area contributed by atoms with Gasteiger partial charge in [-0.15, -0.1) is 0 Å². The smallest absolute Gasteiger partial charge is 0.0721 e. The van der Waals surface area contributed by atoms with E-state index in [1.165, 1.54) is 77.4 Å². The maximum Gasteiger partial charge on any atom is 0.0721 e. The van der Waals surface area contributed by atoms with Gasteiger partial charge in [0.15, 0.2) is 0 Å². The van der Waals surface area contributed by atoms with E-state index >= 15 is 0 Å². The van der Waals surface area contributed by atoms with Crippen molar-refractivity contribution in [3.63, 3.8) is 0 Å². The monoisotopic (exact) mass is 579 g/mol. The van der Waals surface area contributed by atoms with Gasteiger partial charge in [-0.3, -0.25) is 4.90 Å². The van der Waals surface area contributed by atoms with E-state index in [0.717, 1.165) is 0 Å². The van der Waals surface area contributed by atoms with Gasteiger partial charge in [0.05, 0.1) is 73.9 Å². The summed E-state index contributed by atoms with van der Waals surface area (Å²) < 4.78 is 0. The molecule has 0 N–H and O–H groups in total. The standard InChI is InChI=1S/C33H75NP3/c1-10-22-35(23-11-2,24-12-3)31-19-34(20-32-36(25-13-4,26-14-5)27-15-6)21-33-37(28-16-7,29-17-8)30-18-9/h10-33H2,1-9H3/q+3. The minimum Gasteiger partial charge on any atom is -0.293 e. The van der Waals surface area contributed by atoms with Crippen molar-refractivity contribution in [1.29, 1.82) is 0 Å². The van der Waals surface area contributed by atoms with Gasteiger partial charge in [-0.2, -0.15) is 0 Å². The molecule has 0 aromatic rings. The van der Waals surface area contributed by atoms with E-state index in [-0.39, 0.29) is 0 Å². The van der Waals surface area contributed by atoms with E-state index in [1.54, 1.807) is 73.9 Å². The summed E-state index contributed by atoms with van der Waals surface area (Å²) in [5.41, 5.74) is 0. The molecule has 0 aliphatic carbocycles. The number of hydrogen-bond donors (Lipinski definition) is 0. The molecule has 224 valence electrons. The number of hydrogen-bond acceptors (Lipinski definition) is 1. The van der Waals surface area contributed by atoms with Gasteiger partial charge in [-0.25, -0.2) is 0 Å². The van der Waals surface area contributed by atoms with Crippen molar-refractivity contribution in [2.75, 3.05) is 93.6 Å². The fraction of sp³-hybridized carbons (Fsp3) is 1.00. The SMILES string of the molecule is CCC[P+](CCC)(CCC)CCN(CC[P+](CCC)(CCC)CCC)CC[P+](CCC)(CCC)CCC. The molecular formula is C33H75NP3+3. The Bertz CT molecular complexity index is 387. The van der Waals surface area contributed by atoms with Gasteiger partial charge in [-0.05, 0) is 57.8 Å². The van der Waals surface area contributed by atoms with Crippen LogP contribution in [0.5, 0.6) is 0 Å². The summed E-state index contributed by atoms with van der Waals surface area (Å²) in [6.07, 6.45) is 31.3. The molecule has 37 heavy (non-hydrogen) atoms. The molecule has 0 rings (SSSR count). The second-order valence-corrected chi connectivity index (χ2v) is 26.0. The molecule has 0 spiro atoms. The summed E-state index contributed by atoms with van der Waals surface area (Å²) in [4.78, 5) is 3.07. The van der Waals surface area contributed by atoms with Crippen LogP contribution in [0.15, 0.2) is 0 Å². The molecule has 0 heterocycles. The van der Waals surface area contributed by atoms with Crippen molar-refractivity contribution in [2.24, 2.45) is 0 Å². The summed E-state index contributed by atoms with van der Waals surface area (Å²) in [5, 5.41) is 0. The van der Waals surface area contributed by atoms with Crippen LogP contribution in [0.4, 0.5) is 0 Å². The molecule has 0 aliphatic heterocycles. The van der Waals surface area contributed by atoms with Crippen molar-refractivity contribution in [2.45, 2.75) is 120 Å². The Hall–Kier alpha value is 1.25. The molecule has 0 saturated carbocycles. The molecule has 0 fully saturated rings. The van der Waals surface area contributed by atoms with E-state index < -0.39 is 21.8 Å². The fourth-order valence-electron chi connectivity index (χ4n) is 7.68. The Morgan fingerprint density at radius 2 is 0.432 bits per heavy atom. The molecule has 0 atom stereocenters. The maximum absolute atomic E-state index is 3.07. The van der Waals surface area contributed by atoms with Gasteiger partial charge >= 0.3 is 0 Å². The summed E-state index contributed by atoms with van der Waals surface area (Å²) in [6.45, 7) is 26.3. The van der Waals surface area contributed by atoms with Crippen LogP contribution in [-0.4, -0.2) is 98.5 Å². The van der Waals surface area contributed by atoms with E-state index in [4.69, 9.17) is 0 Å². The summed E-state index contributed by atoms with van der Waals surface area (Å²) in [6, 6.07) is 0. The fourth-order valence-corrected chi connectivity index (χ4v) is 22.4. The lowest BCUT2D eigenvalue weighted by Gasteiger charge is -2.34. The van der Waals surface area contributed by atoms with Gasteiger partial charge in [0.2, 0.25) is 0 Å². The van der Waals surface area contributed by atoms with Crippen molar-refractivity contribution < 1.29 is 0 Å². The zero-order valence-corrected chi connectivity index (χ0v) is 30.4. The largest absolute Gasteiger partial charge is 0.293 e. The normalized spacial score (nSPS) is 13.1. The maximum atomic E-state index is 3.07. The molecule has 4 heteroatoms. The Morgan fingerprint density at radius 1 is 0.270 bits per heavy atom. The molecule has 0 aromatic heterocycles. The Labute approximate surface area is 239 Å². The molecule has 0 aromatic carbocycles. The van der Waals surface area contributed by atoms with E-state index in [9.17, 15) is 0 Å². The predicted octanol–water partition coefficient (Wildman–Crippen LogP) is 11.0. The molecule has 0 bridgehead atoms. The van der Waals surface area contributed by atoms with E-state index in [0.29, 0.717) is 0 Å². The average molecular weight is 579 g/mol. The minimum absolute atomic E-state index is 0.778. The highest BCUT2D eigenvalue weighted by atomic mass is 31.2. The average Bonchev–Trinajstić information content (AvgIpc) is 2.85. The second kappa shape index (κ2) is 22.9. The first-order valence-electron chi connectivity index (χ1n) is 17.1. The van der Waals surface area contributed by atoms with Crippen LogP contribution in [0, 0.1) is 0 Å².